The molecule has 0 unspecified atom stereocenters. The van der Waals surface area contributed by atoms with E-state index in [1.165, 1.54) is 46.2 Å². The van der Waals surface area contributed by atoms with Crippen molar-refractivity contribution in [2.24, 2.45) is 34.7 Å². The molecule has 6 N–H and O–H groups in total. The van der Waals surface area contributed by atoms with E-state index in [1.54, 1.807) is 44.0 Å². The summed E-state index contributed by atoms with van der Waals surface area (Å²) in [6, 6.07) is 0. The number of anilines is 1. The van der Waals surface area contributed by atoms with Gasteiger partial charge in [-0.2, -0.15) is 5.10 Å². The molecule has 1 fully saturated rings. The minimum absolute atomic E-state index is 0.0693. The molecule has 0 saturated carbocycles. The largest absolute Gasteiger partial charge is 0.507 e. The van der Waals surface area contributed by atoms with Crippen LogP contribution in [0.1, 0.15) is 76.9 Å². The van der Waals surface area contributed by atoms with Gasteiger partial charge in [0.25, 0.3) is 11.7 Å². The maximum Gasteiger partial charge on any atom is 0.312 e. The molecule has 316 valence electrons. The second-order valence-corrected chi connectivity index (χ2v) is 16.3. The number of hydrazone groups is 1. The van der Waals surface area contributed by atoms with Gasteiger partial charge in [-0.25, -0.2) is 0 Å². The number of hydrogen-bond donors (Lipinski definition) is 6. The van der Waals surface area contributed by atoms with Gasteiger partial charge in [-0.05, 0) is 38.8 Å². The van der Waals surface area contributed by atoms with Crippen LogP contribution in [0.3, 0.4) is 0 Å². The van der Waals surface area contributed by atoms with Crippen LogP contribution in [-0.4, -0.2) is 117 Å². The summed E-state index contributed by atoms with van der Waals surface area (Å²) in [5, 5.41) is 66.8. The molecule has 15 heteroatoms. The number of hydrogen-bond acceptors (Lipinski definition) is 14. The van der Waals surface area contributed by atoms with E-state index in [1.807, 2.05) is 20.9 Å². The molecule has 1 saturated heterocycles. The first-order chi connectivity index (χ1) is 27.2. The Kier molecular flexibility index (Phi) is 13.2. The number of aromatic hydroxyl groups is 3. The third-order valence-electron chi connectivity index (χ3n) is 12.0. The summed E-state index contributed by atoms with van der Waals surface area (Å²) >= 11 is 0. The summed E-state index contributed by atoms with van der Waals surface area (Å²) in [4.78, 5) is 42.5. The molecule has 4 aliphatic heterocycles. The maximum atomic E-state index is 14.4. The fraction of sp³-hybridized carbons (Fsp3) is 0.535. The number of benzene rings is 2. The van der Waals surface area contributed by atoms with Crippen LogP contribution >= 0.6 is 0 Å². The van der Waals surface area contributed by atoms with E-state index < -0.39 is 76.8 Å². The second-order valence-electron chi connectivity index (χ2n) is 16.3. The van der Waals surface area contributed by atoms with Gasteiger partial charge in [-0.1, -0.05) is 52.8 Å². The number of aliphatic hydroxyl groups excluding tert-OH is 2. The van der Waals surface area contributed by atoms with Crippen LogP contribution in [-0.2, 0) is 19.1 Å². The Labute approximate surface area is 339 Å². The average Bonchev–Trinajstić information content (AvgIpc) is 3.44. The lowest BCUT2D eigenvalue weighted by Crippen LogP contribution is -2.45. The zero-order valence-corrected chi connectivity index (χ0v) is 34.9. The minimum atomic E-state index is -1.99. The number of carbonyl (C=O) groups excluding carboxylic acids is 3. The average molecular weight is 807 g/mol. The maximum absolute atomic E-state index is 14.4. The quantitative estimate of drug-likeness (QED) is 0.105. The highest BCUT2D eigenvalue weighted by Gasteiger charge is 2.50. The molecule has 0 radical (unpaired) electrons. The number of amides is 1. The molecule has 4 heterocycles. The molecular formula is C43H58N4O11. The highest BCUT2D eigenvalue weighted by molar-refractivity contribution is 6.23. The van der Waals surface area contributed by atoms with Crippen molar-refractivity contribution >= 4 is 40.3 Å². The Hall–Kier alpha value is -5.12. The lowest BCUT2D eigenvalue weighted by molar-refractivity contribution is -0.158. The summed E-state index contributed by atoms with van der Waals surface area (Å²) < 4.78 is 17.9. The van der Waals surface area contributed by atoms with Crippen LogP contribution < -0.4 is 10.1 Å². The summed E-state index contributed by atoms with van der Waals surface area (Å²) in [6.07, 6.45) is 6.17. The molecular weight excluding hydrogens is 748 g/mol. The molecule has 0 aromatic heterocycles. The van der Waals surface area contributed by atoms with E-state index in [0.29, 0.717) is 13.1 Å². The Morgan fingerprint density at radius 1 is 0.914 bits per heavy atom. The smallest absolute Gasteiger partial charge is 0.312 e. The Morgan fingerprint density at radius 2 is 1.57 bits per heavy atom. The molecule has 2 aromatic rings. The van der Waals surface area contributed by atoms with Crippen molar-refractivity contribution in [1.29, 1.82) is 0 Å². The molecule has 6 rings (SSSR count). The molecule has 5 bridgehead atoms. The van der Waals surface area contributed by atoms with Gasteiger partial charge in [0, 0.05) is 74.3 Å². The first kappa shape index (κ1) is 44.0. The van der Waals surface area contributed by atoms with Crippen molar-refractivity contribution < 1.29 is 54.1 Å². The molecule has 58 heavy (non-hydrogen) atoms. The van der Waals surface area contributed by atoms with Crippen LogP contribution in [0.25, 0.3) is 10.8 Å². The first-order valence-electron chi connectivity index (χ1n) is 19.7. The number of fused-ring (bicyclic) bond motifs is 14. The SMILES string of the molecule is CC(=O)O[C@H]1[C@H](C)[C@H](O)[C@H](C)[C@@H](O)[C@@H](C)/C=C/C=C(/C)C(=O)Nc2c(/C=N/N3CCN(C)CC3)c(O)c3c4c(c(C)c(O)c3c2O)O[C@](C)(O/C=C/[C@H](C)[C@H]1C)C4=O. The van der Waals surface area contributed by atoms with Crippen LogP contribution in [0.4, 0.5) is 5.69 Å². The summed E-state index contributed by atoms with van der Waals surface area (Å²) in [6.45, 7) is 17.2. The van der Waals surface area contributed by atoms with Crippen LogP contribution in [0.5, 0.6) is 23.0 Å². The molecule has 0 spiro atoms. The van der Waals surface area contributed by atoms with Gasteiger partial charge >= 0.3 is 11.8 Å². The number of aliphatic hydroxyl groups is 2. The molecule has 4 aliphatic rings. The number of piperazine rings is 1. The van der Waals surface area contributed by atoms with E-state index in [2.05, 4.69) is 15.3 Å². The second kappa shape index (κ2) is 17.4. The van der Waals surface area contributed by atoms with Crippen LogP contribution in [0.15, 0.2) is 41.2 Å². The highest BCUT2D eigenvalue weighted by atomic mass is 16.7. The summed E-state index contributed by atoms with van der Waals surface area (Å²) in [5.41, 5.74) is -0.263. The fourth-order valence-electron chi connectivity index (χ4n) is 7.79. The molecule has 0 aliphatic carbocycles. The van der Waals surface area contributed by atoms with Gasteiger partial charge in [0.2, 0.25) is 0 Å². The number of ketones is 1. The number of phenolic OH excluding ortho intramolecular Hbond substituents is 3. The number of ether oxygens (including phenoxy) is 3. The van der Waals surface area contributed by atoms with Crippen LogP contribution in [0.2, 0.25) is 0 Å². The zero-order chi connectivity index (χ0) is 43.0. The van der Waals surface area contributed by atoms with Gasteiger partial charge in [0.15, 0.2) is 5.75 Å². The number of rotatable bonds is 3. The topological polar surface area (TPSA) is 211 Å². The molecule has 9 atom stereocenters. The van der Waals surface area contributed by atoms with Crippen molar-refractivity contribution in [2.75, 3.05) is 38.5 Å². The number of esters is 1. The Balaban J connectivity index is 1.69. The molecule has 2 aromatic carbocycles. The van der Waals surface area contributed by atoms with Gasteiger partial charge in [0.1, 0.15) is 23.4 Å². The lowest BCUT2D eigenvalue weighted by atomic mass is 9.77. The number of nitrogens with one attached hydrogen (secondary N) is 1. The number of likely N-dealkylation sites (N-methyl/N-ethyl adjacent to an activating group) is 1. The predicted octanol–water partition coefficient (Wildman–Crippen LogP) is 4.96. The van der Waals surface area contributed by atoms with Crippen molar-refractivity contribution in [3.8, 4) is 23.0 Å². The van der Waals surface area contributed by atoms with Gasteiger partial charge in [0.05, 0.1) is 46.9 Å². The zero-order valence-electron chi connectivity index (χ0n) is 34.9. The third kappa shape index (κ3) is 8.52. The Morgan fingerprint density at radius 3 is 2.21 bits per heavy atom. The standard InChI is InChI=1S/C43H58N4O11/c1-21-14-19-56-43(9)41(54)32-30-31(36(51)27(7)40(32)58-43)38(53)33(29(37(30)52)20-44-47-17-15-46(10)16-18-47)45-42(55)23(3)13-11-12-22(2)34(49)25(5)35(50)26(6)39(24(21)4)57-28(8)48/h11-14,19-22,24-26,34-35,39,49-53H,15-18H2,1-10H3,(H,45,55)/b12-11+,19-14+,23-13-,44-20+/t21-,22-,24+,25+,26+,34-,35+,39+,43-/m0/s1. The van der Waals surface area contributed by atoms with E-state index in [-0.39, 0.29) is 56.3 Å². The first-order valence-corrected chi connectivity index (χ1v) is 19.7. The van der Waals surface area contributed by atoms with E-state index >= 15 is 0 Å². The molecule has 1 amide bonds. The number of carbonyl (C=O) groups is 3. The fourth-order valence-corrected chi connectivity index (χ4v) is 7.79. The third-order valence-corrected chi connectivity index (χ3v) is 12.0. The number of Topliss-reactive ketones (excluding diaryl/α,β-unsaturated/α-hetero) is 1. The van der Waals surface area contributed by atoms with Crippen molar-refractivity contribution in [3.63, 3.8) is 0 Å². The highest BCUT2D eigenvalue weighted by Crippen LogP contribution is 2.55. The summed E-state index contributed by atoms with van der Waals surface area (Å²) in [7, 11) is 1.99. The van der Waals surface area contributed by atoms with E-state index in [0.717, 1.165) is 13.1 Å². The normalized spacial score (nSPS) is 32.4. The summed E-state index contributed by atoms with van der Waals surface area (Å²) in [5.74, 6) is -8.10. The van der Waals surface area contributed by atoms with Crippen molar-refractivity contribution in [1.82, 2.24) is 9.91 Å². The van der Waals surface area contributed by atoms with Gasteiger partial charge < -0.3 is 50.0 Å². The van der Waals surface area contributed by atoms with Crippen LogP contribution in [0, 0.1) is 36.5 Å². The van der Waals surface area contributed by atoms with Gasteiger partial charge in [-0.15, -0.1) is 0 Å². The minimum Gasteiger partial charge on any atom is -0.507 e. The Bertz CT molecular complexity index is 2050. The van der Waals surface area contributed by atoms with E-state index in [4.69, 9.17) is 14.2 Å². The number of phenols is 3. The lowest BCUT2D eigenvalue weighted by Gasteiger charge is -2.37. The van der Waals surface area contributed by atoms with Crippen molar-refractivity contribution in [2.45, 2.75) is 86.4 Å². The number of nitrogens with zero attached hydrogens (tertiary/aromatic N) is 3. The predicted molar refractivity (Wildman–Crippen MR) is 219 cm³/mol. The van der Waals surface area contributed by atoms with Gasteiger partial charge in [-0.3, -0.25) is 19.4 Å². The van der Waals surface area contributed by atoms with Crippen molar-refractivity contribution in [3.05, 3.63) is 52.8 Å². The molecule has 15 nitrogen and oxygen atoms in total. The van der Waals surface area contributed by atoms with E-state index in [9.17, 15) is 39.9 Å². The monoisotopic (exact) mass is 806 g/mol. The number of allylic oxidation sites excluding steroid dienone is 3.